The second kappa shape index (κ2) is 8.41. The van der Waals surface area contributed by atoms with Gasteiger partial charge in [0.25, 0.3) is 0 Å². The number of hydrogen-bond acceptors (Lipinski definition) is 4. The van der Waals surface area contributed by atoms with E-state index < -0.39 is 0 Å². The summed E-state index contributed by atoms with van der Waals surface area (Å²) in [6, 6.07) is 11.0. The molecule has 1 atom stereocenters. The maximum atomic E-state index is 13.0. The van der Waals surface area contributed by atoms with Crippen LogP contribution in [0.1, 0.15) is 25.0 Å². The number of benzene rings is 1. The molecule has 1 unspecified atom stereocenters. The Labute approximate surface area is 175 Å². The molecular formula is C22H24ClN3O3. The smallest absolute Gasteiger partial charge is 0.228 e. The molecule has 0 bridgehead atoms. The fourth-order valence-electron chi connectivity index (χ4n) is 3.91. The first-order chi connectivity index (χ1) is 14.0. The van der Waals surface area contributed by atoms with Crippen molar-refractivity contribution in [2.45, 2.75) is 32.3 Å². The van der Waals surface area contributed by atoms with Gasteiger partial charge in [-0.3, -0.25) is 14.6 Å². The Morgan fingerprint density at radius 1 is 1.14 bits per heavy atom. The highest BCUT2D eigenvalue weighted by atomic mass is 35.5. The van der Waals surface area contributed by atoms with Crippen molar-refractivity contribution in [2.24, 2.45) is 5.92 Å². The molecule has 0 N–H and O–H groups in total. The van der Waals surface area contributed by atoms with Crippen molar-refractivity contribution in [3.05, 3.63) is 53.3 Å². The number of likely N-dealkylation sites (tertiary alicyclic amines) is 1. The number of carbonyl (C=O) groups is 2. The fraction of sp³-hybridized carbons (Fsp3) is 0.409. The fourth-order valence-corrected chi connectivity index (χ4v) is 4.04. The highest BCUT2D eigenvalue weighted by Crippen LogP contribution is 2.28. The molecule has 0 saturated carbocycles. The highest BCUT2D eigenvalue weighted by Gasteiger charge is 2.38. The van der Waals surface area contributed by atoms with Gasteiger partial charge < -0.3 is 14.5 Å². The number of halogens is 1. The molecule has 1 aromatic carbocycles. The summed E-state index contributed by atoms with van der Waals surface area (Å²) in [5.41, 5.74) is 1.74. The van der Waals surface area contributed by atoms with E-state index in [1.807, 2.05) is 36.1 Å². The van der Waals surface area contributed by atoms with Crippen LogP contribution in [0.2, 0.25) is 5.02 Å². The van der Waals surface area contributed by atoms with Gasteiger partial charge in [0, 0.05) is 55.3 Å². The van der Waals surface area contributed by atoms with E-state index in [0.29, 0.717) is 24.7 Å². The van der Waals surface area contributed by atoms with Crippen LogP contribution >= 0.6 is 11.6 Å². The van der Waals surface area contributed by atoms with Crippen molar-refractivity contribution < 1.29 is 14.3 Å². The van der Waals surface area contributed by atoms with E-state index in [4.69, 9.17) is 16.3 Å². The van der Waals surface area contributed by atoms with Crippen molar-refractivity contribution in [1.29, 1.82) is 0 Å². The lowest BCUT2D eigenvalue weighted by Crippen LogP contribution is -2.44. The number of piperidine rings is 1. The molecule has 0 aliphatic carbocycles. The average molecular weight is 414 g/mol. The van der Waals surface area contributed by atoms with Crippen molar-refractivity contribution >= 4 is 29.1 Å². The minimum atomic E-state index is -0.294. The van der Waals surface area contributed by atoms with Crippen LogP contribution in [0.4, 0.5) is 5.69 Å². The van der Waals surface area contributed by atoms with E-state index in [-0.39, 0.29) is 30.3 Å². The van der Waals surface area contributed by atoms with E-state index in [0.717, 1.165) is 30.0 Å². The molecule has 2 aromatic rings. The largest absolute Gasteiger partial charge is 0.489 e. The minimum absolute atomic E-state index is 0.0178. The molecule has 2 amide bonds. The maximum absolute atomic E-state index is 13.0. The number of aryl methyl sites for hydroxylation is 1. The molecule has 7 heteroatoms. The lowest BCUT2D eigenvalue weighted by molar-refractivity contribution is -0.137. The molecule has 0 spiro atoms. The number of rotatable bonds is 4. The van der Waals surface area contributed by atoms with E-state index in [1.54, 1.807) is 23.2 Å². The molecule has 29 heavy (non-hydrogen) atoms. The third-order valence-corrected chi connectivity index (χ3v) is 5.81. The van der Waals surface area contributed by atoms with Crippen molar-refractivity contribution in [2.75, 3.05) is 24.5 Å². The average Bonchev–Trinajstić information content (AvgIpc) is 3.12. The molecule has 2 fully saturated rings. The Morgan fingerprint density at radius 3 is 2.52 bits per heavy atom. The summed E-state index contributed by atoms with van der Waals surface area (Å²) < 4.78 is 5.99. The van der Waals surface area contributed by atoms with Gasteiger partial charge in [0.2, 0.25) is 11.8 Å². The highest BCUT2D eigenvalue weighted by molar-refractivity contribution is 6.30. The topological polar surface area (TPSA) is 62.7 Å². The number of aromatic nitrogens is 1. The quantitative estimate of drug-likeness (QED) is 0.770. The van der Waals surface area contributed by atoms with E-state index in [2.05, 4.69) is 4.98 Å². The first-order valence-electron chi connectivity index (χ1n) is 9.93. The number of anilines is 1. The van der Waals surface area contributed by atoms with Gasteiger partial charge in [0.1, 0.15) is 11.9 Å². The van der Waals surface area contributed by atoms with E-state index in [1.165, 1.54) is 0 Å². The summed E-state index contributed by atoms with van der Waals surface area (Å²) in [5, 5.41) is 0.625. The van der Waals surface area contributed by atoms with Crippen LogP contribution in [0.25, 0.3) is 0 Å². The summed E-state index contributed by atoms with van der Waals surface area (Å²) in [6.45, 7) is 3.66. The van der Waals surface area contributed by atoms with Crippen LogP contribution in [0, 0.1) is 12.8 Å². The number of hydrogen-bond donors (Lipinski definition) is 0. The van der Waals surface area contributed by atoms with Gasteiger partial charge in [-0.1, -0.05) is 11.6 Å². The van der Waals surface area contributed by atoms with Crippen LogP contribution in [0.3, 0.4) is 0 Å². The summed E-state index contributed by atoms with van der Waals surface area (Å²) in [5.74, 6) is 0.512. The molecule has 2 saturated heterocycles. The van der Waals surface area contributed by atoms with E-state index in [9.17, 15) is 9.59 Å². The lowest BCUT2D eigenvalue weighted by atomic mass is 10.0. The van der Waals surface area contributed by atoms with Crippen molar-refractivity contribution in [3.63, 3.8) is 0 Å². The Bertz CT molecular complexity index is 877. The zero-order chi connectivity index (χ0) is 20.4. The number of nitrogens with zero attached hydrogens (tertiary/aromatic N) is 3. The van der Waals surface area contributed by atoms with Gasteiger partial charge in [-0.05, 0) is 43.3 Å². The Morgan fingerprint density at radius 2 is 1.86 bits per heavy atom. The van der Waals surface area contributed by atoms with Gasteiger partial charge in [-0.15, -0.1) is 0 Å². The number of pyridine rings is 1. The first-order valence-corrected chi connectivity index (χ1v) is 10.3. The lowest BCUT2D eigenvalue weighted by Gasteiger charge is -2.33. The summed E-state index contributed by atoms with van der Waals surface area (Å²) in [4.78, 5) is 33.2. The van der Waals surface area contributed by atoms with Gasteiger partial charge >= 0.3 is 0 Å². The third kappa shape index (κ3) is 4.53. The normalized spacial score (nSPS) is 20.2. The summed E-state index contributed by atoms with van der Waals surface area (Å²) in [6.07, 6.45) is 3.64. The minimum Gasteiger partial charge on any atom is -0.489 e. The Kier molecular flexibility index (Phi) is 5.72. The van der Waals surface area contributed by atoms with Crippen LogP contribution in [0.15, 0.2) is 42.6 Å². The van der Waals surface area contributed by atoms with Crippen LogP contribution in [-0.2, 0) is 9.59 Å². The molecule has 3 heterocycles. The summed E-state index contributed by atoms with van der Waals surface area (Å²) in [7, 11) is 0. The van der Waals surface area contributed by atoms with Crippen LogP contribution in [-0.4, -0.2) is 47.4 Å². The number of carbonyl (C=O) groups excluding carboxylic acids is 2. The second-order valence-electron chi connectivity index (χ2n) is 7.66. The number of amides is 2. The molecular weight excluding hydrogens is 390 g/mol. The molecule has 152 valence electrons. The standard InChI is InChI=1S/C22H24ClN3O3/c1-15-2-7-20(13-24-15)29-19-8-10-25(11-9-19)22(28)16-12-21(27)26(14-16)18-5-3-17(23)4-6-18/h2-7,13,16,19H,8-12,14H2,1H3. The monoisotopic (exact) mass is 413 g/mol. The SMILES string of the molecule is Cc1ccc(OC2CCN(C(=O)C3CC(=O)N(c4ccc(Cl)cc4)C3)CC2)cn1. The van der Waals surface area contributed by atoms with Crippen molar-refractivity contribution in [3.8, 4) is 5.75 Å². The van der Waals surface area contributed by atoms with Gasteiger partial charge in [0.05, 0.1) is 12.1 Å². The number of ether oxygens (including phenoxy) is 1. The van der Waals surface area contributed by atoms with Crippen LogP contribution in [0.5, 0.6) is 5.75 Å². The van der Waals surface area contributed by atoms with Gasteiger partial charge in [0.15, 0.2) is 0 Å². The predicted octanol–water partition coefficient (Wildman–Crippen LogP) is 3.47. The van der Waals surface area contributed by atoms with Gasteiger partial charge in [-0.25, -0.2) is 0 Å². The Balaban J connectivity index is 1.31. The molecule has 2 aliphatic heterocycles. The molecule has 1 aromatic heterocycles. The van der Waals surface area contributed by atoms with Crippen molar-refractivity contribution in [1.82, 2.24) is 9.88 Å². The zero-order valence-electron chi connectivity index (χ0n) is 16.4. The van der Waals surface area contributed by atoms with Gasteiger partial charge in [-0.2, -0.15) is 0 Å². The zero-order valence-corrected chi connectivity index (χ0v) is 17.1. The first kappa shape index (κ1) is 19.7. The van der Waals surface area contributed by atoms with Crippen LogP contribution < -0.4 is 9.64 Å². The molecule has 2 aliphatic rings. The maximum Gasteiger partial charge on any atom is 0.228 e. The molecule has 4 rings (SSSR count). The Hall–Kier alpha value is -2.60. The molecule has 0 radical (unpaired) electrons. The summed E-state index contributed by atoms with van der Waals surface area (Å²) >= 11 is 5.93. The molecule has 6 nitrogen and oxygen atoms in total. The third-order valence-electron chi connectivity index (χ3n) is 5.55. The van der Waals surface area contributed by atoms with E-state index >= 15 is 0 Å². The second-order valence-corrected chi connectivity index (χ2v) is 8.10. The predicted molar refractivity (Wildman–Crippen MR) is 111 cm³/mol.